The molecule has 1 rings (SSSR count). The van der Waals surface area contributed by atoms with Crippen LogP contribution >= 0.6 is 0 Å². The fourth-order valence-electron chi connectivity index (χ4n) is 1.22. The number of aromatic nitrogens is 2. The fourth-order valence-corrected chi connectivity index (χ4v) is 1.22. The van der Waals surface area contributed by atoms with Gasteiger partial charge in [-0.15, -0.1) is 0 Å². The van der Waals surface area contributed by atoms with Crippen LogP contribution in [-0.2, 0) is 6.54 Å². The summed E-state index contributed by atoms with van der Waals surface area (Å²) in [5.41, 5.74) is 0.762. The molecule has 5 heteroatoms. The Labute approximate surface area is 89.5 Å². The molecule has 0 fully saturated rings. The average Bonchev–Trinajstić information content (AvgIpc) is 2.29. The van der Waals surface area contributed by atoms with Gasteiger partial charge in [-0.2, -0.15) is 10.2 Å². The Morgan fingerprint density at radius 3 is 2.73 bits per heavy atom. The van der Waals surface area contributed by atoms with Crippen molar-refractivity contribution < 1.29 is 4.79 Å². The van der Waals surface area contributed by atoms with Gasteiger partial charge < -0.3 is 10.2 Å². The van der Waals surface area contributed by atoms with E-state index < -0.39 is 0 Å². The highest BCUT2D eigenvalue weighted by Gasteiger charge is 2.08. The lowest BCUT2D eigenvalue weighted by Gasteiger charge is -2.18. The lowest BCUT2D eigenvalue weighted by molar-refractivity contribution is 0.202. The third-order valence-electron chi connectivity index (χ3n) is 2.10. The summed E-state index contributed by atoms with van der Waals surface area (Å²) in [5, 5.41) is 10.4. The molecule has 1 N–H and O–H groups in total. The molecule has 15 heavy (non-hydrogen) atoms. The molecule has 0 bridgehead atoms. The normalized spacial score (nSPS) is 9.73. The molecule has 0 aliphatic heterocycles. The second-order valence-corrected chi connectivity index (χ2v) is 3.05. The molecule has 0 saturated carbocycles. The van der Waals surface area contributed by atoms with Crippen LogP contribution in [0.25, 0.3) is 0 Å². The number of urea groups is 1. The molecule has 1 aromatic rings. The molecule has 0 spiro atoms. The van der Waals surface area contributed by atoms with Crippen molar-refractivity contribution >= 4 is 6.03 Å². The topological polar surface area (TPSA) is 58.1 Å². The van der Waals surface area contributed by atoms with Crippen LogP contribution in [-0.4, -0.2) is 34.2 Å². The summed E-state index contributed by atoms with van der Waals surface area (Å²) in [7, 11) is 0. The minimum Gasteiger partial charge on any atom is -0.332 e. The van der Waals surface area contributed by atoms with E-state index in [-0.39, 0.29) is 6.03 Å². The number of amides is 2. The van der Waals surface area contributed by atoms with Gasteiger partial charge >= 0.3 is 6.03 Å². The first-order chi connectivity index (χ1) is 7.27. The SMILES string of the molecule is CCN(CC)C(=O)NCc1cccnn1. The zero-order valence-electron chi connectivity index (χ0n) is 9.10. The highest BCUT2D eigenvalue weighted by molar-refractivity contribution is 5.73. The molecule has 1 aromatic heterocycles. The Morgan fingerprint density at radius 1 is 1.47 bits per heavy atom. The quantitative estimate of drug-likeness (QED) is 0.804. The van der Waals surface area contributed by atoms with Gasteiger partial charge in [0.25, 0.3) is 0 Å². The van der Waals surface area contributed by atoms with Crippen molar-refractivity contribution in [2.75, 3.05) is 13.1 Å². The van der Waals surface area contributed by atoms with Gasteiger partial charge in [-0.3, -0.25) is 0 Å². The first-order valence-electron chi connectivity index (χ1n) is 5.07. The summed E-state index contributed by atoms with van der Waals surface area (Å²) in [5.74, 6) is 0. The summed E-state index contributed by atoms with van der Waals surface area (Å²) in [4.78, 5) is 13.3. The second kappa shape index (κ2) is 5.95. The predicted octanol–water partition coefficient (Wildman–Crippen LogP) is 1.03. The minimum atomic E-state index is -0.0642. The van der Waals surface area contributed by atoms with E-state index in [0.717, 1.165) is 5.69 Å². The monoisotopic (exact) mass is 208 g/mol. The second-order valence-electron chi connectivity index (χ2n) is 3.05. The van der Waals surface area contributed by atoms with Gasteiger partial charge in [-0.25, -0.2) is 4.79 Å². The van der Waals surface area contributed by atoms with Crippen LogP contribution < -0.4 is 5.32 Å². The number of rotatable bonds is 4. The van der Waals surface area contributed by atoms with Crippen molar-refractivity contribution in [3.05, 3.63) is 24.0 Å². The predicted molar refractivity (Wildman–Crippen MR) is 57.2 cm³/mol. The number of carbonyl (C=O) groups is 1. The van der Waals surface area contributed by atoms with E-state index in [9.17, 15) is 4.79 Å². The maximum atomic E-state index is 11.5. The number of nitrogens with one attached hydrogen (secondary N) is 1. The number of hydrogen-bond acceptors (Lipinski definition) is 3. The Morgan fingerprint density at radius 2 is 2.20 bits per heavy atom. The molecule has 0 unspecified atom stereocenters. The van der Waals surface area contributed by atoms with E-state index >= 15 is 0 Å². The smallest absolute Gasteiger partial charge is 0.317 e. The maximum absolute atomic E-state index is 11.5. The number of hydrogen-bond donors (Lipinski definition) is 1. The third kappa shape index (κ3) is 3.53. The summed E-state index contributed by atoms with van der Waals surface area (Å²) in [6, 6.07) is 3.56. The maximum Gasteiger partial charge on any atom is 0.317 e. The lowest BCUT2D eigenvalue weighted by atomic mass is 10.4. The molecule has 0 radical (unpaired) electrons. The molecule has 0 aliphatic carbocycles. The zero-order chi connectivity index (χ0) is 11.1. The van der Waals surface area contributed by atoms with E-state index in [2.05, 4.69) is 15.5 Å². The van der Waals surface area contributed by atoms with E-state index in [4.69, 9.17) is 0 Å². The third-order valence-corrected chi connectivity index (χ3v) is 2.10. The molecule has 2 amide bonds. The molecular formula is C10H16N4O. The van der Waals surface area contributed by atoms with Crippen LogP contribution in [0.2, 0.25) is 0 Å². The van der Waals surface area contributed by atoms with Crippen molar-refractivity contribution in [3.8, 4) is 0 Å². The molecule has 1 heterocycles. The standard InChI is InChI=1S/C10H16N4O/c1-3-14(4-2)10(15)11-8-9-6-5-7-12-13-9/h5-7H,3-4,8H2,1-2H3,(H,11,15). The van der Waals surface area contributed by atoms with E-state index in [0.29, 0.717) is 19.6 Å². The molecule has 0 aliphatic rings. The molecule has 5 nitrogen and oxygen atoms in total. The van der Waals surface area contributed by atoms with Crippen molar-refractivity contribution in [1.82, 2.24) is 20.4 Å². The van der Waals surface area contributed by atoms with Gasteiger partial charge in [0.2, 0.25) is 0 Å². The van der Waals surface area contributed by atoms with Crippen LogP contribution in [0.15, 0.2) is 18.3 Å². The van der Waals surface area contributed by atoms with Gasteiger partial charge in [0.05, 0.1) is 12.2 Å². The lowest BCUT2D eigenvalue weighted by Crippen LogP contribution is -2.39. The summed E-state index contributed by atoms with van der Waals surface area (Å²) in [6.45, 7) is 5.74. The Balaban J connectivity index is 2.40. The van der Waals surface area contributed by atoms with Crippen molar-refractivity contribution in [3.63, 3.8) is 0 Å². The first kappa shape index (κ1) is 11.4. The van der Waals surface area contributed by atoms with Crippen molar-refractivity contribution in [2.45, 2.75) is 20.4 Å². The van der Waals surface area contributed by atoms with E-state index in [1.807, 2.05) is 19.9 Å². The van der Waals surface area contributed by atoms with Crippen molar-refractivity contribution in [2.24, 2.45) is 0 Å². The molecule has 0 aromatic carbocycles. The van der Waals surface area contributed by atoms with Crippen molar-refractivity contribution in [1.29, 1.82) is 0 Å². The Kier molecular flexibility index (Phi) is 4.53. The van der Waals surface area contributed by atoms with Gasteiger partial charge in [-0.1, -0.05) is 0 Å². The van der Waals surface area contributed by atoms with E-state index in [1.54, 1.807) is 17.2 Å². The Hall–Kier alpha value is -1.65. The van der Waals surface area contributed by atoms with Crippen LogP contribution in [0.4, 0.5) is 4.79 Å². The number of nitrogens with zero attached hydrogens (tertiary/aromatic N) is 3. The highest BCUT2D eigenvalue weighted by Crippen LogP contribution is 1.92. The largest absolute Gasteiger partial charge is 0.332 e. The van der Waals surface area contributed by atoms with Gasteiger partial charge in [-0.05, 0) is 26.0 Å². The molecular weight excluding hydrogens is 192 g/mol. The number of carbonyl (C=O) groups excluding carboxylic acids is 1. The summed E-state index contributed by atoms with van der Waals surface area (Å²) in [6.07, 6.45) is 1.61. The highest BCUT2D eigenvalue weighted by atomic mass is 16.2. The van der Waals surface area contributed by atoms with E-state index in [1.165, 1.54) is 0 Å². The molecule has 0 atom stereocenters. The van der Waals surface area contributed by atoms with Crippen LogP contribution in [0.3, 0.4) is 0 Å². The fraction of sp³-hybridized carbons (Fsp3) is 0.500. The Bertz CT molecular complexity index is 298. The van der Waals surface area contributed by atoms with Gasteiger partial charge in [0.15, 0.2) is 0 Å². The van der Waals surface area contributed by atoms with Gasteiger partial charge in [0.1, 0.15) is 0 Å². The van der Waals surface area contributed by atoms with Crippen LogP contribution in [0.5, 0.6) is 0 Å². The first-order valence-corrected chi connectivity index (χ1v) is 5.07. The zero-order valence-corrected chi connectivity index (χ0v) is 9.10. The summed E-state index contributed by atoms with van der Waals surface area (Å²) < 4.78 is 0. The van der Waals surface area contributed by atoms with Crippen LogP contribution in [0.1, 0.15) is 19.5 Å². The average molecular weight is 208 g/mol. The molecule has 0 saturated heterocycles. The molecule has 82 valence electrons. The minimum absolute atomic E-state index is 0.0642. The van der Waals surface area contributed by atoms with Crippen LogP contribution in [0, 0.1) is 0 Å². The van der Waals surface area contributed by atoms with Gasteiger partial charge in [0, 0.05) is 19.3 Å². The summed E-state index contributed by atoms with van der Waals surface area (Å²) >= 11 is 0.